The van der Waals surface area contributed by atoms with Crippen LogP contribution in [-0.4, -0.2) is 31.0 Å². The highest BCUT2D eigenvalue weighted by molar-refractivity contribution is 5.67. The largest absolute Gasteiger partial charge is 0.444 e. The Kier molecular flexibility index (Phi) is 5.49. The van der Waals surface area contributed by atoms with E-state index < -0.39 is 24.4 Å². The molecule has 0 fully saturated rings. The van der Waals surface area contributed by atoms with Gasteiger partial charge in [0.05, 0.1) is 6.10 Å². The maximum Gasteiger partial charge on any atom is 0.407 e. The van der Waals surface area contributed by atoms with Gasteiger partial charge in [-0.25, -0.2) is 4.79 Å². The zero-order chi connectivity index (χ0) is 12.1. The Bertz CT molecular complexity index is 204. The fraction of sp³-hybridized carbons (Fsp3) is 0.889. The van der Waals surface area contributed by atoms with Gasteiger partial charge < -0.3 is 14.8 Å². The zero-order valence-electron chi connectivity index (χ0n) is 9.34. The van der Waals surface area contributed by atoms with Gasteiger partial charge in [0.25, 0.3) is 0 Å². The number of alkyl halides is 2. The molecule has 1 unspecified atom stereocenters. The molecule has 0 aliphatic carbocycles. The van der Waals surface area contributed by atoms with E-state index in [-0.39, 0.29) is 6.54 Å². The predicted molar refractivity (Wildman–Crippen MR) is 50.8 cm³/mol. The highest BCUT2D eigenvalue weighted by Crippen LogP contribution is 2.06. The molecule has 4 nitrogen and oxygen atoms in total. The molecule has 0 rings (SSSR count). The van der Waals surface area contributed by atoms with E-state index in [0.717, 1.165) is 0 Å². The molecule has 90 valence electrons. The number of carbonyl (C=O) groups excluding carboxylic acids is 1. The molecule has 0 saturated heterocycles. The van der Waals surface area contributed by atoms with Crippen molar-refractivity contribution < 1.29 is 23.0 Å². The minimum absolute atomic E-state index is 0.0146. The van der Waals surface area contributed by atoms with Crippen molar-refractivity contribution in [2.24, 2.45) is 0 Å². The van der Waals surface area contributed by atoms with E-state index in [1.807, 2.05) is 0 Å². The molecule has 1 atom stereocenters. The summed E-state index contributed by atoms with van der Waals surface area (Å²) in [5, 5.41) is 2.32. The van der Waals surface area contributed by atoms with Gasteiger partial charge in [-0.3, -0.25) is 0 Å². The second-order valence-corrected chi connectivity index (χ2v) is 4.09. The van der Waals surface area contributed by atoms with Crippen molar-refractivity contribution in [1.29, 1.82) is 0 Å². The van der Waals surface area contributed by atoms with Crippen LogP contribution in [0.1, 0.15) is 27.7 Å². The van der Waals surface area contributed by atoms with Crippen LogP contribution < -0.4 is 5.32 Å². The fourth-order valence-electron chi connectivity index (χ4n) is 0.765. The van der Waals surface area contributed by atoms with Gasteiger partial charge in [0.15, 0.2) is 0 Å². The first-order chi connectivity index (χ1) is 6.70. The van der Waals surface area contributed by atoms with Crippen LogP contribution in [0.4, 0.5) is 13.6 Å². The van der Waals surface area contributed by atoms with E-state index in [2.05, 4.69) is 10.1 Å². The first kappa shape index (κ1) is 14.1. The van der Waals surface area contributed by atoms with Crippen molar-refractivity contribution >= 4 is 6.09 Å². The molecule has 6 heteroatoms. The summed E-state index contributed by atoms with van der Waals surface area (Å²) in [5.74, 6) is 0. The molecule has 0 aromatic carbocycles. The number of hydrogen-bond acceptors (Lipinski definition) is 3. The molecule has 0 heterocycles. The van der Waals surface area contributed by atoms with Crippen LogP contribution in [0.2, 0.25) is 0 Å². The molecule has 0 spiro atoms. The van der Waals surface area contributed by atoms with Crippen LogP contribution in [0.15, 0.2) is 0 Å². The summed E-state index contributed by atoms with van der Waals surface area (Å²) in [7, 11) is 0. The molecular weight excluding hydrogens is 208 g/mol. The topological polar surface area (TPSA) is 47.6 Å². The molecule has 0 saturated carbocycles. The quantitative estimate of drug-likeness (QED) is 0.797. The van der Waals surface area contributed by atoms with E-state index >= 15 is 0 Å². The van der Waals surface area contributed by atoms with Crippen molar-refractivity contribution in [1.82, 2.24) is 5.32 Å². The predicted octanol–water partition coefficient (Wildman–Crippen LogP) is 2.14. The van der Waals surface area contributed by atoms with Gasteiger partial charge in [-0.05, 0) is 27.7 Å². The highest BCUT2D eigenvalue weighted by atomic mass is 19.3. The Hall–Kier alpha value is -0.910. The summed E-state index contributed by atoms with van der Waals surface area (Å²) < 4.78 is 32.5. The van der Waals surface area contributed by atoms with Crippen molar-refractivity contribution in [3.05, 3.63) is 0 Å². The maximum absolute atomic E-state index is 11.7. The van der Waals surface area contributed by atoms with E-state index in [1.54, 1.807) is 20.8 Å². The van der Waals surface area contributed by atoms with Gasteiger partial charge in [-0.15, -0.1) is 0 Å². The number of ether oxygens (including phenoxy) is 2. The van der Waals surface area contributed by atoms with Gasteiger partial charge in [0, 0.05) is 6.54 Å². The SMILES string of the molecule is CC(CNC(=O)OC(C)(C)C)OC(F)F. The van der Waals surface area contributed by atoms with Crippen molar-refractivity contribution in [2.75, 3.05) is 6.54 Å². The van der Waals surface area contributed by atoms with Crippen LogP contribution in [0, 0.1) is 0 Å². The number of halogens is 2. The molecule has 0 aliphatic rings. The summed E-state index contributed by atoms with van der Waals surface area (Å²) in [6.07, 6.45) is -1.40. The van der Waals surface area contributed by atoms with Crippen molar-refractivity contribution in [3.63, 3.8) is 0 Å². The number of hydrogen-bond donors (Lipinski definition) is 1. The third kappa shape index (κ3) is 9.40. The summed E-state index contributed by atoms with van der Waals surface area (Å²) in [6.45, 7) is 3.73. The number of rotatable bonds is 4. The highest BCUT2D eigenvalue weighted by Gasteiger charge is 2.17. The minimum atomic E-state index is -2.83. The van der Waals surface area contributed by atoms with Gasteiger partial charge >= 0.3 is 12.7 Å². The van der Waals surface area contributed by atoms with Crippen LogP contribution in [0.3, 0.4) is 0 Å². The lowest BCUT2D eigenvalue weighted by atomic mass is 10.2. The Morgan fingerprint density at radius 2 is 1.93 bits per heavy atom. The lowest BCUT2D eigenvalue weighted by Gasteiger charge is -2.20. The Morgan fingerprint density at radius 1 is 1.40 bits per heavy atom. The van der Waals surface area contributed by atoms with Gasteiger partial charge in [0.2, 0.25) is 0 Å². The number of amides is 1. The van der Waals surface area contributed by atoms with Gasteiger partial charge in [0.1, 0.15) is 5.60 Å². The monoisotopic (exact) mass is 225 g/mol. The molecular formula is C9H17F2NO3. The molecule has 0 aromatic rings. The van der Waals surface area contributed by atoms with E-state index in [9.17, 15) is 13.6 Å². The molecule has 1 N–H and O–H groups in total. The molecule has 0 radical (unpaired) electrons. The number of carbonyl (C=O) groups is 1. The third-order valence-corrected chi connectivity index (χ3v) is 1.27. The molecule has 15 heavy (non-hydrogen) atoms. The summed E-state index contributed by atoms with van der Waals surface area (Å²) in [5.41, 5.74) is -0.600. The van der Waals surface area contributed by atoms with Crippen LogP contribution >= 0.6 is 0 Å². The Balaban J connectivity index is 3.72. The summed E-state index contributed by atoms with van der Waals surface area (Å²) in [4.78, 5) is 11.1. The van der Waals surface area contributed by atoms with Crippen LogP contribution in [-0.2, 0) is 9.47 Å². The molecule has 0 aliphatic heterocycles. The van der Waals surface area contributed by atoms with Crippen LogP contribution in [0.5, 0.6) is 0 Å². The Labute approximate surface area is 87.9 Å². The zero-order valence-corrected chi connectivity index (χ0v) is 9.34. The standard InChI is InChI=1S/C9H17F2NO3/c1-6(14-7(10)11)5-12-8(13)15-9(2,3)4/h6-7H,5H2,1-4H3,(H,12,13). The van der Waals surface area contributed by atoms with Crippen molar-refractivity contribution in [2.45, 2.75) is 46.0 Å². The first-order valence-corrected chi connectivity index (χ1v) is 4.61. The van der Waals surface area contributed by atoms with Gasteiger partial charge in [-0.2, -0.15) is 8.78 Å². The minimum Gasteiger partial charge on any atom is -0.444 e. The van der Waals surface area contributed by atoms with E-state index in [4.69, 9.17) is 4.74 Å². The average Bonchev–Trinajstić information content (AvgIpc) is 1.96. The smallest absolute Gasteiger partial charge is 0.407 e. The second kappa shape index (κ2) is 5.85. The van der Waals surface area contributed by atoms with Crippen molar-refractivity contribution in [3.8, 4) is 0 Å². The molecule has 0 bridgehead atoms. The normalized spacial score (nSPS) is 13.8. The van der Waals surface area contributed by atoms with E-state index in [1.165, 1.54) is 6.92 Å². The van der Waals surface area contributed by atoms with E-state index in [0.29, 0.717) is 0 Å². The lowest BCUT2D eigenvalue weighted by molar-refractivity contribution is -0.156. The first-order valence-electron chi connectivity index (χ1n) is 4.61. The lowest BCUT2D eigenvalue weighted by Crippen LogP contribution is -2.37. The van der Waals surface area contributed by atoms with Gasteiger partial charge in [-0.1, -0.05) is 0 Å². The molecule has 0 aromatic heterocycles. The average molecular weight is 225 g/mol. The molecule has 1 amide bonds. The van der Waals surface area contributed by atoms with Crippen LogP contribution in [0.25, 0.3) is 0 Å². The fourth-order valence-corrected chi connectivity index (χ4v) is 0.765. The Morgan fingerprint density at radius 3 is 2.33 bits per heavy atom. The number of nitrogens with one attached hydrogen (secondary N) is 1. The summed E-state index contributed by atoms with van der Waals surface area (Å²) >= 11 is 0. The number of alkyl carbamates (subject to hydrolysis) is 1. The third-order valence-electron chi connectivity index (χ3n) is 1.27. The second-order valence-electron chi connectivity index (χ2n) is 4.09. The maximum atomic E-state index is 11.7. The summed E-state index contributed by atoms with van der Waals surface area (Å²) in [6, 6.07) is 0.